The fourth-order valence-electron chi connectivity index (χ4n) is 17.3. The average Bonchev–Trinajstić information content (AvgIpc) is 1.67. The number of pyridine rings is 5. The molecule has 13 nitrogen and oxygen atoms in total. The van der Waals surface area contributed by atoms with Crippen LogP contribution in [-0.4, -0.2) is 70.7 Å². The molecule has 0 spiro atoms. The molecule has 0 saturated carbocycles. The second kappa shape index (κ2) is 58.2. The Kier molecular flexibility index (Phi) is 43.7. The Morgan fingerprint density at radius 2 is 0.511 bits per heavy atom. The Balaban J connectivity index is 0.000000174. The van der Waals surface area contributed by atoms with Gasteiger partial charge in [-0.1, -0.05) is 150 Å². The first-order valence-electron chi connectivity index (χ1n) is 49.3. The molecule has 0 saturated heterocycles. The molecule has 0 N–H and O–H groups in total. The number of aryl methyl sites for hydroxylation is 8. The first-order chi connectivity index (χ1) is 67.4. The zero-order chi connectivity index (χ0) is 92.3. The molecule has 14 aromatic rings. The molecule has 2 radical (unpaired) electrons. The number of nitrogens with zero attached hydrogens (tertiary/aromatic N) is 13. The Hall–Kier alpha value is -12.0. The zero-order valence-corrected chi connectivity index (χ0v) is 86.8. The van der Waals surface area contributed by atoms with Crippen molar-refractivity contribution in [2.75, 3.05) is 45.8 Å². The predicted octanol–water partition coefficient (Wildman–Crippen LogP) is 27.8. The van der Waals surface area contributed by atoms with Crippen LogP contribution in [0.5, 0.6) is 0 Å². The van der Waals surface area contributed by atoms with Gasteiger partial charge in [0, 0.05) is 71.2 Å². The monoisotopic (exact) mass is 2360 g/mol. The summed E-state index contributed by atoms with van der Waals surface area (Å²) >= 11 is 0. The second-order valence-corrected chi connectivity index (χ2v) is 35.4. The molecule has 718 valence electrons. The summed E-state index contributed by atoms with van der Waals surface area (Å²) in [6.07, 6.45) is 59.9. The molecule has 16 heteroatoms. The molecule has 4 aliphatic heterocycles. The molecule has 0 atom stereocenters. The van der Waals surface area contributed by atoms with Crippen LogP contribution in [0.4, 0.5) is 22.7 Å². The van der Waals surface area contributed by atoms with Crippen molar-refractivity contribution in [2.24, 2.45) is 0 Å². The standard InChI is InChI=1S/C45H44N3.2C39H40N5.3Ir/c1(8-18-36-28-30-43(46-33-36)38-20-12-5-13-21-38)3-10-26-41-32-45(40-24-16-7-17-25-40)48-35-42(41)27-11-4-2-9-19-37-29-31-44(47-34-37)39-22-14-6-15-23-39;1(2-6-14-35-21-24-39(40-31-35)36-15-7-3-8-16-36)5-13-34-19-22-38(23-20-34)44-30-28-42(33-44)26-12-11-25-41-27-29-43(32-41)37-17-9-4-10-18-37;1(4-12-34-17-21-36(22-18-34)39-16-8-9-25-40-39)2-5-13-35-19-23-38(24-20-35)44-31-29-42(33-44)27-11-10-26-41-28-30-43(32-41)37-14-6-3-7-15-37;;;/h5-7,12-17,20,22,24,28-35H,1-4,8-11,18-19,26-27H2;3-4,7-10,15,17,19-22,24,27-33H,1-2,5-6,11-14,25-26H2;3,6-9,14,16-21,23,25,28-33H,1-2,4-5,10-13,26-27H2;;;/q-3;2*-5;;;+3. The van der Waals surface area contributed by atoms with Gasteiger partial charge in [-0.25, -0.2) is 0 Å². The van der Waals surface area contributed by atoms with Gasteiger partial charge in [-0.2, -0.15) is 135 Å². The molecule has 5 aromatic heterocycles. The van der Waals surface area contributed by atoms with Gasteiger partial charge in [-0.3, -0.25) is 0 Å². The summed E-state index contributed by atoms with van der Waals surface area (Å²) in [4.78, 5) is 40.8. The number of anilines is 4. The summed E-state index contributed by atoms with van der Waals surface area (Å²) in [5.41, 5.74) is 25.5. The third-order valence-electron chi connectivity index (χ3n) is 25.2. The smallest absolute Gasteiger partial charge is 0.508 e. The molecule has 0 fully saturated rings. The molecule has 139 heavy (non-hydrogen) atoms. The predicted molar refractivity (Wildman–Crippen MR) is 556 cm³/mol. The van der Waals surface area contributed by atoms with Gasteiger partial charge in [0.25, 0.3) is 0 Å². The number of hydrogen-bond donors (Lipinski definition) is 0. The summed E-state index contributed by atoms with van der Waals surface area (Å²) in [5.74, 6) is 0. The van der Waals surface area contributed by atoms with Crippen molar-refractivity contribution in [3.05, 3.63) is 467 Å². The van der Waals surface area contributed by atoms with E-state index in [-0.39, 0.29) is 60.3 Å². The SMILES string of the molecule is [Ir+3].[Ir].[Ir].[c-]1cc(CCCCCCc2c[c-]c(N3C=CN(CCCCN4C=CN(c5[c-]cccc5)[CH-]4)[CH-]3)cc2)ccc1-c1ccccn1.[c-]1ccccc1-c1ccc(CCCCCCc2c[c-]c(N3C=CN(CCCCN4C=CN(c5[c-]cccc5)[CH-]4)[CH-]3)cc2)cn1.[c-]1ccccc1-c1ccc(CCCCCCc2cnc(-c3[c-]cccc3)cc2CCCCCCc2ccc(-c3[c-]cccc3)nc2)cn1. The Labute approximate surface area is 869 Å². The van der Waals surface area contributed by atoms with E-state index in [0.717, 1.165) is 182 Å². The van der Waals surface area contributed by atoms with E-state index in [4.69, 9.17) is 4.98 Å². The van der Waals surface area contributed by atoms with Crippen LogP contribution in [-0.2, 0) is 112 Å². The van der Waals surface area contributed by atoms with Crippen molar-refractivity contribution < 1.29 is 60.3 Å². The van der Waals surface area contributed by atoms with Gasteiger partial charge in [0.05, 0.1) is 0 Å². The van der Waals surface area contributed by atoms with Crippen molar-refractivity contribution >= 4 is 22.7 Å². The molecular weight excluding hydrogens is 2240 g/mol. The van der Waals surface area contributed by atoms with E-state index in [1.165, 1.54) is 147 Å². The van der Waals surface area contributed by atoms with Crippen LogP contribution in [0.15, 0.2) is 341 Å². The van der Waals surface area contributed by atoms with E-state index in [9.17, 15) is 0 Å². The van der Waals surface area contributed by atoms with E-state index >= 15 is 0 Å². The zero-order valence-electron chi connectivity index (χ0n) is 79.6. The Morgan fingerprint density at radius 3 is 0.820 bits per heavy atom. The molecule has 4 aliphatic rings. The van der Waals surface area contributed by atoms with Crippen LogP contribution in [0.3, 0.4) is 0 Å². The van der Waals surface area contributed by atoms with E-state index in [0.29, 0.717) is 0 Å². The quantitative estimate of drug-likeness (QED) is 0.0268. The minimum atomic E-state index is 0. The normalized spacial score (nSPS) is 12.9. The van der Waals surface area contributed by atoms with E-state index in [1.807, 2.05) is 146 Å². The van der Waals surface area contributed by atoms with Crippen molar-refractivity contribution in [2.45, 2.75) is 180 Å². The van der Waals surface area contributed by atoms with Gasteiger partial charge in [0.15, 0.2) is 0 Å². The van der Waals surface area contributed by atoms with Gasteiger partial charge in [-0.15, -0.1) is 214 Å². The van der Waals surface area contributed by atoms with Crippen molar-refractivity contribution in [1.82, 2.24) is 44.5 Å². The summed E-state index contributed by atoms with van der Waals surface area (Å²) in [6, 6.07) is 119. The van der Waals surface area contributed by atoms with Crippen LogP contribution in [0.25, 0.3) is 56.3 Å². The first-order valence-corrected chi connectivity index (χ1v) is 49.3. The van der Waals surface area contributed by atoms with Crippen LogP contribution in [0.2, 0.25) is 0 Å². The summed E-state index contributed by atoms with van der Waals surface area (Å²) in [6.45, 7) is 12.7. The summed E-state index contributed by atoms with van der Waals surface area (Å²) in [5, 5.41) is 0. The number of benzene rings is 9. The molecular formula is C123H124Ir3N13-10. The maximum absolute atomic E-state index is 4.86. The third kappa shape index (κ3) is 33.9. The second-order valence-electron chi connectivity index (χ2n) is 35.4. The van der Waals surface area contributed by atoms with Gasteiger partial charge in [-0.05, 0) is 222 Å². The maximum atomic E-state index is 4.86. The van der Waals surface area contributed by atoms with Crippen LogP contribution >= 0.6 is 0 Å². The number of unbranched alkanes of at least 4 members (excludes halogenated alkanes) is 14. The van der Waals surface area contributed by atoms with Gasteiger partial charge >= 0.3 is 20.1 Å². The van der Waals surface area contributed by atoms with Crippen LogP contribution in [0.1, 0.15) is 173 Å². The van der Waals surface area contributed by atoms with Crippen LogP contribution in [0, 0.1) is 81.3 Å². The first kappa shape index (κ1) is 104. The van der Waals surface area contributed by atoms with E-state index < -0.39 is 0 Å². The molecule has 0 bridgehead atoms. The number of hydrogen-bond acceptors (Lipinski definition) is 13. The number of aromatic nitrogens is 5. The fraction of sp³-hybridized carbons (Fsp3) is 0.260. The van der Waals surface area contributed by atoms with Crippen molar-refractivity contribution in [3.63, 3.8) is 0 Å². The van der Waals surface area contributed by atoms with Crippen LogP contribution < -0.4 is 19.6 Å². The van der Waals surface area contributed by atoms with Crippen molar-refractivity contribution in [1.29, 1.82) is 0 Å². The Bertz CT molecular complexity index is 5660. The van der Waals surface area contributed by atoms with Gasteiger partial charge in [0.1, 0.15) is 0 Å². The molecule has 9 heterocycles. The van der Waals surface area contributed by atoms with E-state index in [2.05, 4.69) is 336 Å². The fourth-order valence-corrected chi connectivity index (χ4v) is 17.3. The summed E-state index contributed by atoms with van der Waals surface area (Å²) in [7, 11) is 0. The largest absolute Gasteiger partial charge is 3.00 e. The minimum Gasteiger partial charge on any atom is -0.508 e. The maximum Gasteiger partial charge on any atom is 3.00 e. The molecule has 18 rings (SSSR count). The van der Waals surface area contributed by atoms with E-state index in [1.54, 1.807) is 0 Å². The van der Waals surface area contributed by atoms with Gasteiger partial charge < -0.3 is 64.1 Å². The number of rotatable bonds is 47. The Morgan fingerprint density at radius 1 is 0.216 bits per heavy atom. The molecule has 9 aromatic carbocycles. The number of para-hydroxylation sites is 2. The van der Waals surface area contributed by atoms with Gasteiger partial charge in [0.2, 0.25) is 0 Å². The topological polar surface area (TPSA) is 90.4 Å². The third-order valence-corrected chi connectivity index (χ3v) is 25.2. The summed E-state index contributed by atoms with van der Waals surface area (Å²) < 4.78 is 0. The average molecular weight is 2360 g/mol. The molecule has 0 aliphatic carbocycles. The minimum absolute atomic E-state index is 0. The molecule has 0 unspecified atom stereocenters. The molecule has 0 amide bonds. The van der Waals surface area contributed by atoms with Crippen molar-refractivity contribution in [3.8, 4) is 56.3 Å².